The van der Waals surface area contributed by atoms with Crippen LogP contribution in [0.15, 0.2) is 47.6 Å². The molecule has 0 bridgehead atoms. The fourth-order valence-corrected chi connectivity index (χ4v) is 4.32. The number of hydrogen-bond donors (Lipinski definition) is 1. The van der Waals surface area contributed by atoms with Crippen LogP contribution in [0.5, 0.6) is 0 Å². The Morgan fingerprint density at radius 1 is 1.39 bits per heavy atom. The fraction of sp³-hybridized carbons (Fsp3) is 0.560. The fourth-order valence-electron chi connectivity index (χ4n) is 4.32. The van der Waals surface area contributed by atoms with Gasteiger partial charge in [0.05, 0.1) is 23.7 Å². The third-order valence-corrected chi connectivity index (χ3v) is 6.64. The van der Waals surface area contributed by atoms with E-state index in [1.54, 1.807) is 19.9 Å². The van der Waals surface area contributed by atoms with E-state index in [1.807, 2.05) is 13.8 Å². The second-order valence-electron chi connectivity index (χ2n) is 9.08. The van der Waals surface area contributed by atoms with E-state index in [0.29, 0.717) is 12.0 Å². The van der Waals surface area contributed by atoms with Gasteiger partial charge in [-0.2, -0.15) is 0 Å². The average Bonchev–Trinajstić information content (AvgIpc) is 3.35. The van der Waals surface area contributed by atoms with Gasteiger partial charge in [0, 0.05) is 17.6 Å². The van der Waals surface area contributed by atoms with Crippen molar-refractivity contribution in [2.45, 2.75) is 77.0 Å². The summed E-state index contributed by atoms with van der Waals surface area (Å²) in [6, 6.07) is 0. The van der Waals surface area contributed by atoms with Gasteiger partial charge in [-0.05, 0) is 40.5 Å². The van der Waals surface area contributed by atoms with Gasteiger partial charge in [0.2, 0.25) is 0 Å². The molecule has 8 heteroatoms. The highest BCUT2D eigenvalue weighted by atomic mass is 16.6. The molecular formula is C25H32O8. The lowest BCUT2D eigenvalue weighted by atomic mass is 9.82. The maximum atomic E-state index is 13.0. The summed E-state index contributed by atoms with van der Waals surface area (Å²) >= 11 is 0. The summed E-state index contributed by atoms with van der Waals surface area (Å²) in [4.78, 5) is 37.4. The van der Waals surface area contributed by atoms with Crippen LogP contribution in [0.2, 0.25) is 0 Å². The summed E-state index contributed by atoms with van der Waals surface area (Å²) in [5.41, 5.74) is 0.926. The molecule has 0 amide bonds. The highest BCUT2D eigenvalue weighted by Crippen LogP contribution is 2.50. The molecule has 0 aromatic carbocycles. The van der Waals surface area contributed by atoms with Crippen molar-refractivity contribution >= 4 is 17.9 Å². The first-order chi connectivity index (χ1) is 15.5. The number of epoxide rings is 1. The number of rotatable bonds is 6. The minimum atomic E-state index is -1.26. The van der Waals surface area contributed by atoms with E-state index in [4.69, 9.17) is 18.9 Å². The highest BCUT2D eigenvalue weighted by Gasteiger charge is 2.63. The Labute approximate surface area is 193 Å². The van der Waals surface area contributed by atoms with Crippen LogP contribution in [0.3, 0.4) is 0 Å². The van der Waals surface area contributed by atoms with Gasteiger partial charge in [0.25, 0.3) is 0 Å². The number of hydrogen-bond acceptors (Lipinski definition) is 8. The van der Waals surface area contributed by atoms with Crippen molar-refractivity contribution in [3.05, 3.63) is 47.6 Å². The number of carbonyl (C=O) groups is 3. The molecule has 6 atom stereocenters. The van der Waals surface area contributed by atoms with Crippen LogP contribution in [-0.4, -0.2) is 59.6 Å². The van der Waals surface area contributed by atoms with Crippen molar-refractivity contribution in [1.29, 1.82) is 0 Å². The third kappa shape index (κ3) is 5.12. The molecule has 2 saturated heterocycles. The van der Waals surface area contributed by atoms with Crippen molar-refractivity contribution < 1.29 is 38.4 Å². The van der Waals surface area contributed by atoms with Gasteiger partial charge in [-0.25, -0.2) is 14.4 Å². The summed E-state index contributed by atoms with van der Waals surface area (Å²) in [6.07, 6.45) is 2.61. The second-order valence-corrected chi connectivity index (χ2v) is 9.08. The van der Waals surface area contributed by atoms with Crippen molar-refractivity contribution in [2.24, 2.45) is 5.92 Å². The van der Waals surface area contributed by atoms with Gasteiger partial charge in [-0.15, -0.1) is 0 Å². The predicted octanol–water partition coefficient (Wildman–Crippen LogP) is 2.71. The molecule has 2 heterocycles. The van der Waals surface area contributed by atoms with E-state index < -0.39 is 54.3 Å². The molecule has 8 nitrogen and oxygen atoms in total. The second kappa shape index (κ2) is 9.65. The molecule has 0 radical (unpaired) electrons. The molecule has 2 aliphatic heterocycles. The van der Waals surface area contributed by atoms with Crippen molar-refractivity contribution in [3.63, 3.8) is 0 Å². The number of aliphatic hydroxyl groups excluding tert-OH is 1. The molecule has 33 heavy (non-hydrogen) atoms. The van der Waals surface area contributed by atoms with Gasteiger partial charge < -0.3 is 24.1 Å². The normalized spacial score (nSPS) is 32.5. The first-order valence-electron chi connectivity index (χ1n) is 11.1. The Hall–Kier alpha value is -2.71. The topological polar surface area (TPSA) is 112 Å². The van der Waals surface area contributed by atoms with Crippen molar-refractivity contribution in [2.75, 3.05) is 6.61 Å². The van der Waals surface area contributed by atoms with Gasteiger partial charge in [-0.3, -0.25) is 0 Å². The number of aliphatic hydroxyl groups is 1. The number of carbonyl (C=O) groups excluding carboxylic acids is 3. The van der Waals surface area contributed by atoms with Crippen LogP contribution >= 0.6 is 0 Å². The van der Waals surface area contributed by atoms with Crippen LogP contribution in [-0.2, 0) is 33.3 Å². The summed E-state index contributed by atoms with van der Waals surface area (Å²) in [6.45, 7) is 14.1. The van der Waals surface area contributed by atoms with Gasteiger partial charge in [0.15, 0.2) is 6.10 Å². The largest absolute Gasteiger partial charge is 0.458 e. The molecule has 1 N–H and O–H groups in total. The quantitative estimate of drug-likeness (QED) is 0.212. The molecule has 6 unspecified atom stereocenters. The molecule has 2 fully saturated rings. The van der Waals surface area contributed by atoms with Crippen LogP contribution in [0.1, 0.15) is 47.0 Å². The summed E-state index contributed by atoms with van der Waals surface area (Å²) < 4.78 is 22.5. The molecule has 0 aromatic heterocycles. The van der Waals surface area contributed by atoms with E-state index in [0.717, 1.165) is 18.4 Å². The molecule has 0 spiro atoms. The van der Waals surface area contributed by atoms with E-state index in [9.17, 15) is 19.5 Å². The predicted molar refractivity (Wildman–Crippen MR) is 119 cm³/mol. The first-order valence-corrected chi connectivity index (χ1v) is 11.1. The Bertz CT molecular complexity index is 929. The van der Waals surface area contributed by atoms with Gasteiger partial charge in [0.1, 0.15) is 18.3 Å². The van der Waals surface area contributed by atoms with Gasteiger partial charge >= 0.3 is 17.9 Å². The zero-order valence-electron chi connectivity index (χ0n) is 19.6. The highest BCUT2D eigenvalue weighted by molar-refractivity contribution is 5.93. The molecule has 180 valence electrons. The third-order valence-electron chi connectivity index (χ3n) is 6.64. The monoisotopic (exact) mass is 460 g/mol. The Kier molecular flexibility index (Phi) is 7.29. The minimum absolute atomic E-state index is 0.201. The van der Waals surface area contributed by atoms with Crippen molar-refractivity contribution in [1.82, 2.24) is 0 Å². The average molecular weight is 461 g/mol. The van der Waals surface area contributed by atoms with E-state index in [1.165, 1.54) is 0 Å². The smallest absolute Gasteiger partial charge is 0.337 e. The Morgan fingerprint density at radius 3 is 2.73 bits per heavy atom. The minimum Gasteiger partial charge on any atom is -0.458 e. The van der Waals surface area contributed by atoms with Crippen LogP contribution < -0.4 is 0 Å². The SMILES string of the molecule is C=C(C(=O)OC1CC(C)=CCCC2(C)OC2C2OC(=O)C(=C)C12)C(CO)OC(=O)C(C)=CC. The maximum Gasteiger partial charge on any atom is 0.337 e. The summed E-state index contributed by atoms with van der Waals surface area (Å²) in [7, 11) is 0. The van der Waals surface area contributed by atoms with Crippen LogP contribution in [0, 0.1) is 5.92 Å². The Balaban J connectivity index is 1.82. The standard InChI is InChI=1S/C25H32O8/c1-7-14(3)22(27)31-18(12-26)15(4)23(28)30-17-11-13(2)9-8-10-25(6)21(33-25)20-19(17)16(5)24(29)32-20/h7,9,17-21,26H,4-5,8,10-12H2,1-3,6H3. The van der Waals surface area contributed by atoms with E-state index >= 15 is 0 Å². The van der Waals surface area contributed by atoms with E-state index in [-0.39, 0.29) is 17.3 Å². The lowest BCUT2D eigenvalue weighted by Crippen LogP contribution is -2.39. The summed E-state index contributed by atoms with van der Waals surface area (Å²) in [5, 5.41) is 9.67. The van der Waals surface area contributed by atoms with Crippen LogP contribution in [0.25, 0.3) is 0 Å². The molecule has 3 aliphatic rings. The first kappa shape index (κ1) is 24.9. The number of ether oxygens (including phenoxy) is 4. The lowest BCUT2D eigenvalue weighted by Gasteiger charge is -2.29. The molecule has 1 aliphatic carbocycles. The number of esters is 3. The van der Waals surface area contributed by atoms with E-state index in [2.05, 4.69) is 19.2 Å². The number of fused-ring (bicyclic) bond motifs is 3. The molecule has 3 rings (SSSR count). The summed E-state index contributed by atoms with van der Waals surface area (Å²) in [5.74, 6) is -2.63. The van der Waals surface area contributed by atoms with Gasteiger partial charge in [-0.1, -0.05) is 30.9 Å². The van der Waals surface area contributed by atoms with Crippen LogP contribution in [0.4, 0.5) is 0 Å². The maximum absolute atomic E-state index is 13.0. The lowest BCUT2D eigenvalue weighted by molar-refractivity contribution is -0.152. The number of allylic oxidation sites excluding steroid dienone is 2. The van der Waals surface area contributed by atoms with Crippen molar-refractivity contribution in [3.8, 4) is 0 Å². The molecule has 0 saturated carbocycles. The zero-order valence-corrected chi connectivity index (χ0v) is 19.6. The zero-order chi connectivity index (χ0) is 24.5. The molecule has 0 aromatic rings. The Morgan fingerprint density at radius 2 is 2.09 bits per heavy atom. The molecular weight excluding hydrogens is 428 g/mol.